The van der Waals surface area contributed by atoms with Crippen molar-refractivity contribution in [3.8, 4) is 0 Å². The molecule has 0 unspecified atom stereocenters. The summed E-state index contributed by atoms with van der Waals surface area (Å²) in [4.78, 5) is 12.0. The monoisotopic (exact) mass is 286 g/mol. The molecule has 1 rings (SSSR count). The SMILES string of the molecule is CCn1nc(C)c(Br)c1CC(=O)C(C)(C)C. The third-order valence-corrected chi connectivity index (χ3v) is 3.65. The van der Waals surface area contributed by atoms with E-state index < -0.39 is 0 Å². The van der Waals surface area contributed by atoms with E-state index in [2.05, 4.69) is 21.0 Å². The number of halogens is 1. The van der Waals surface area contributed by atoms with E-state index in [-0.39, 0.29) is 11.2 Å². The van der Waals surface area contributed by atoms with E-state index in [1.54, 1.807) is 0 Å². The molecule has 1 aromatic heterocycles. The number of Topliss-reactive ketones (excluding diaryl/α,β-unsaturated/α-hetero) is 1. The Hall–Kier alpha value is -0.640. The molecule has 90 valence electrons. The molecule has 0 aliphatic rings. The van der Waals surface area contributed by atoms with E-state index in [0.717, 1.165) is 22.4 Å². The van der Waals surface area contributed by atoms with Gasteiger partial charge in [0.15, 0.2) is 0 Å². The highest BCUT2D eigenvalue weighted by molar-refractivity contribution is 9.10. The van der Waals surface area contributed by atoms with Gasteiger partial charge in [0.25, 0.3) is 0 Å². The molecule has 0 N–H and O–H groups in total. The minimum absolute atomic E-state index is 0.239. The quantitative estimate of drug-likeness (QED) is 0.856. The fourth-order valence-electron chi connectivity index (χ4n) is 1.46. The Labute approximate surface area is 105 Å². The van der Waals surface area contributed by atoms with Gasteiger partial charge in [-0.05, 0) is 29.8 Å². The van der Waals surface area contributed by atoms with Crippen molar-refractivity contribution in [3.63, 3.8) is 0 Å². The van der Waals surface area contributed by atoms with Crippen LogP contribution < -0.4 is 0 Å². The van der Waals surface area contributed by atoms with Crippen molar-refractivity contribution < 1.29 is 4.79 Å². The Morgan fingerprint density at radius 3 is 2.44 bits per heavy atom. The molecule has 0 aromatic carbocycles. The fourth-order valence-corrected chi connectivity index (χ4v) is 1.88. The number of nitrogens with zero attached hydrogens (tertiary/aromatic N) is 2. The van der Waals surface area contributed by atoms with E-state index in [4.69, 9.17) is 0 Å². The topological polar surface area (TPSA) is 34.9 Å². The normalized spacial score (nSPS) is 11.9. The first-order valence-corrected chi connectivity index (χ1v) is 6.31. The highest BCUT2D eigenvalue weighted by Crippen LogP contribution is 2.25. The van der Waals surface area contributed by atoms with Crippen LogP contribution in [0, 0.1) is 12.3 Å². The molecule has 1 aromatic rings. The van der Waals surface area contributed by atoms with E-state index in [0.29, 0.717) is 6.42 Å². The van der Waals surface area contributed by atoms with Crippen LogP contribution in [0.3, 0.4) is 0 Å². The van der Waals surface area contributed by atoms with Crippen LogP contribution in [0.25, 0.3) is 0 Å². The molecule has 4 heteroatoms. The van der Waals surface area contributed by atoms with Crippen LogP contribution in [0.5, 0.6) is 0 Å². The second kappa shape index (κ2) is 4.70. The molecule has 0 bridgehead atoms. The summed E-state index contributed by atoms with van der Waals surface area (Å²) in [7, 11) is 0. The predicted molar refractivity (Wildman–Crippen MR) is 68.5 cm³/mol. The van der Waals surface area contributed by atoms with Crippen molar-refractivity contribution in [1.29, 1.82) is 0 Å². The third-order valence-electron chi connectivity index (χ3n) is 2.62. The van der Waals surface area contributed by atoms with Gasteiger partial charge in [0, 0.05) is 12.0 Å². The van der Waals surface area contributed by atoms with Gasteiger partial charge in [-0.15, -0.1) is 0 Å². The van der Waals surface area contributed by atoms with Gasteiger partial charge in [0.2, 0.25) is 0 Å². The van der Waals surface area contributed by atoms with E-state index in [9.17, 15) is 4.79 Å². The molecule has 16 heavy (non-hydrogen) atoms. The Balaban J connectivity index is 3.01. The van der Waals surface area contributed by atoms with Crippen LogP contribution in [0.1, 0.15) is 39.1 Å². The average molecular weight is 287 g/mol. The van der Waals surface area contributed by atoms with Crippen molar-refractivity contribution >= 4 is 21.7 Å². The highest BCUT2D eigenvalue weighted by atomic mass is 79.9. The van der Waals surface area contributed by atoms with Crippen LogP contribution in [0.15, 0.2) is 4.47 Å². The molecule has 0 fully saturated rings. The van der Waals surface area contributed by atoms with Gasteiger partial charge in [0.05, 0.1) is 22.3 Å². The lowest BCUT2D eigenvalue weighted by Crippen LogP contribution is -2.23. The highest BCUT2D eigenvalue weighted by Gasteiger charge is 2.24. The number of rotatable bonds is 3. The number of carbonyl (C=O) groups is 1. The molecule has 0 atom stereocenters. The molecular formula is C12H19BrN2O. The number of hydrogen-bond acceptors (Lipinski definition) is 2. The summed E-state index contributed by atoms with van der Waals surface area (Å²) in [6.07, 6.45) is 0.443. The zero-order valence-electron chi connectivity index (χ0n) is 10.6. The Morgan fingerprint density at radius 2 is 2.00 bits per heavy atom. The van der Waals surface area contributed by atoms with Crippen LogP contribution in [-0.4, -0.2) is 15.6 Å². The average Bonchev–Trinajstić information content (AvgIpc) is 2.44. The van der Waals surface area contributed by atoms with Crippen molar-refractivity contribution in [2.75, 3.05) is 0 Å². The van der Waals surface area contributed by atoms with E-state index in [1.807, 2.05) is 39.3 Å². The molecule has 0 radical (unpaired) electrons. The first-order chi connectivity index (χ1) is 7.27. The fraction of sp³-hybridized carbons (Fsp3) is 0.667. The molecule has 0 aliphatic carbocycles. The van der Waals surface area contributed by atoms with Crippen molar-refractivity contribution in [3.05, 3.63) is 15.9 Å². The number of carbonyl (C=O) groups excluding carboxylic acids is 1. The number of ketones is 1. The maximum absolute atomic E-state index is 12.0. The molecular weight excluding hydrogens is 268 g/mol. The van der Waals surface area contributed by atoms with Crippen molar-refractivity contribution in [1.82, 2.24) is 9.78 Å². The maximum atomic E-state index is 12.0. The minimum Gasteiger partial charge on any atom is -0.299 e. The molecule has 0 aliphatic heterocycles. The summed E-state index contributed by atoms with van der Waals surface area (Å²) in [5.74, 6) is 0.239. The first kappa shape index (κ1) is 13.4. The summed E-state index contributed by atoms with van der Waals surface area (Å²) in [6.45, 7) is 10.6. The van der Waals surface area contributed by atoms with Crippen LogP contribution >= 0.6 is 15.9 Å². The summed E-state index contributed by atoms with van der Waals surface area (Å²) in [5.41, 5.74) is 1.63. The van der Waals surface area contributed by atoms with E-state index in [1.165, 1.54) is 0 Å². The van der Waals surface area contributed by atoms with Gasteiger partial charge < -0.3 is 0 Å². The molecule has 1 heterocycles. The molecule has 0 spiro atoms. The van der Waals surface area contributed by atoms with E-state index >= 15 is 0 Å². The predicted octanol–water partition coefficient (Wildman–Crippen LogP) is 3.13. The van der Waals surface area contributed by atoms with Crippen LogP contribution in [0.4, 0.5) is 0 Å². The van der Waals surface area contributed by atoms with Crippen LogP contribution in [-0.2, 0) is 17.8 Å². The Morgan fingerprint density at radius 1 is 1.44 bits per heavy atom. The second-order valence-corrected chi connectivity index (χ2v) is 5.80. The lowest BCUT2D eigenvalue weighted by Gasteiger charge is -2.16. The lowest BCUT2D eigenvalue weighted by molar-refractivity contribution is -0.125. The van der Waals surface area contributed by atoms with Crippen LogP contribution in [0.2, 0.25) is 0 Å². The number of aromatic nitrogens is 2. The van der Waals surface area contributed by atoms with Gasteiger partial charge in [-0.2, -0.15) is 5.10 Å². The second-order valence-electron chi connectivity index (χ2n) is 5.01. The van der Waals surface area contributed by atoms with Crippen molar-refractivity contribution in [2.45, 2.75) is 47.6 Å². The van der Waals surface area contributed by atoms with Gasteiger partial charge in [-0.25, -0.2) is 0 Å². The maximum Gasteiger partial charge on any atom is 0.144 e. The number of hydrogen-bond donors (Lipinski definition) is 0. The summed E-state index contributed by atoms with van der Waals surface area (Å²) in [5, 5.41) is 4.38. The smallest absolute Gasteiger partial charge is 0.144 e. The lowest BCUT2D eigenvalue weighted by atomic mass is 9.88. The molecule has 0 amide bonds. The molecule has 0 saturated heterocycles. The third kappa shape index (κ3) is 2.73. The Kier molecular flexibility index (Phi) is 3.94. The molecule has 3 nitrogen and oxygen atoms in total. The largest absolute Gasteiger partial charge is 0.299 e. The number of aryl methyl sites for hydroxylation is 2. The molecule has 0 saturated carbocycles. The summed E-state index contributed by atoms with van der Waals surface area (Å²) in [6, 6.07) is 0. The summed E-state index contributed by atoms with van der Waals surface area (Å²) >= 11 is 3.50. The zero-order chi connectivity index (χ0) is 12.5. The Bertz CT molecular complexity index is 402. The van der Waals surface area contributed by atoms with Gasteiger partial charge in [-0.3, -0.25) is 9.48 Å². The first-order valence-electron chi connectivity index (χ1n) is 5.52. The zero-order valence-corrected chi connectivity index (χ0v) is 12.2. The summed E-state index contributed by atoms with van der Waals surface area (Å²) < 4.78 is 2.86. The van der Waals surface area contributed by atoms with Gasteiger partial charge in [0.1, 0.15) is 5.78 Å². The van der Waals surface area contributed by atoms with Gasteiger partial charge >= 0.3 is 0 Å². The van der Waals surface area contributed by atoms with Crippen molar-refractivity contribution in [2.24, 2.45) is 5.41 Å². The van der Waals surface area contributed by atoms with Gasteiger partial charge in [-0.1, -0.05) is 20.8 Å². The minimum atomic E-state index is -0.295. The standard InChI is InChI=1S/C12H19BrN2O/c1-6-15-9(11(13)8(2)14-15)7-10(16)12(3,4)5/h6-7H2,1-5H3.